The fourth-order valence-electron chi connectivity index (χ4n) is 2.52. The Morgan fingerprint density at radius 1 is 1.13 bits per heavy atom. The SMILES string of the molecule is COc1cc2c(cc1OC)C(=Cc1cccc(Cl)c1)C(=O)OC2. The number of hydrogen-bond acceptors (Lipinski definition) is 4. The van der Waals surface area contributed by atoms with Crippen molar-refractivity contribution < 1.29 is 19.0 Å². The zero-order valence-corrected chi connectivity index (χ0v) is 13.5. The Hall–Kier alpha value is -2.46. The number of methoxy groups -OCH3 is 2. The number of hydrogen-bond donors (Lipinski definition) is 0. The average molecular weight is 331 g/mol. The summed E-state index contributed by atoms with van der Waals surface area (Å²) in [6.07, 6.45) is 1.76. The Morgan fingerprint density at radius 3 is 2.57 bits per heavy atom. The molecule has 0 spiro atoms. The number of cyclic esters (lactones) is 1. The number of rotatable bonds is 3. The van der Waals surface area contributed by atoms with Gasteiger partial charge in [0.2, 0.25) is 0 Å². The molecule has 2 aromatic carbocycles. The molecule has 3 rings (SSSR count). The maximum Gasteiger partial charge on any atom is 0.339 e. The van der Waals surface area contributed by atoms with Gasteiger partial charge in [0.25, 0.3) is 0 Å². The third-order valence-electron chi connectivity index (χ3n) is 3.64. The smallest absolute Gasteiger partial charge is 0.339 e. The molecule has 1 aliphatic heterocycles. The lowest BCUT2D eigenvalue weighted by Crippen LogP contribution is -2.15. The topological polar surface area (TPSA) is 44.8 Å². The van der Waals surface area contributed by atoms with Crippen LogP contribution in [-0.2, 0) is 16.1 Å². The summed E-state index contributed by atoms with van der Waals surface area (Å²) in [5.74, 6) is 0.800. The zero-order valence-electron chi connectivity index (χ0n) is 12.8. The maximum absolute atomic E-state index is 12.2. The highest BCUT2D eigenvalue weighted by Gasteiger charge is 2.25. The zero-order chi connectivity index (χ0) is 16.4. The van der Waals surface area contributed by atoms with Gasteiger partial charge in [-0.1, -0.05) is 23.7 Å². The second kappa shape index (κ2) is 6.34. The Bertz CT molecular complexity index is 796. The number of halogens is 1. The van der Waals surface area contributed by atoms with Crippen molar-refractivity contribution in [3.05, 3.63) is 58.1 Å². The molecule has 5 heteroatoms. The Kier molecular flexibility index (Phi) is 4.26. The molecule has 0 saturated heterocycles. The second-order valence-electron chi connectivity index (χ2n) is 5.05. The quantitative estimate of drug-likeness (QED) is 0.631. The molecule has 0 amide bonds. The molecule has 0 fully saturated rings. The van der Waals surface area contributed by atoms with Gasteiger partial charge in [0.05, 0.1) is 19.8 Å². The van der Waals surface area contributed by atoms with Crippen LogP contribution in [0.1, 0.15) is 16.7 Å². The van der Waals surface area contributed by atoms with Crippen LogP contribution in [0.25, 0.3) is 11.6 Å². The van der Waals surface area contributed by atoms with E-state index in [2.05, 4.69) is 0 Å². The van der Waals surface area contributed by atoms with Crippen LogP contribution in [0.5, 0.6) is 11.5 Å². The van der Waals surface area contributed by atoms with Crippen LogP contribution >= 0.6 is 11.6 Å². The summed E-state index contributed by atoms with van der Waals surface area (Å²) < 4.78 is 15.9. The van der Waals surface area contributed by atoms with Gasteiger partial charge in [0.1, 0.15) is 6.61 Å². The first kappa shape index (κ1) is 15.4. The molecular weight excluding hydrogens is 316 g/mol. The van der Waals surface area contributed by atoms with E-state index < -0.39 is 0 Å². The predicted octanol–water partition coefficient (Wildman–Crippen LogP) is 3.95. The van der Waals surface area contributed by atoms with Crippen molar-refractivity contribution in [2.75, 3.05) is 14.2 Å². The fraction of sp³-hybridized carbons (Fsp3) is 0.167. The molecule has 2 aromatic rings. The summed E-state index contributed by atoms with van der Waals surface area (Å²) in [5, 5.41) is 0.607. The molecule has 1 aliphatic rings. The van der Waals surface area contributed by atoms with Crippen molar-refractivity contribution in [2.24, 2.45) is 0 Å². The third-order valence-corrected chi connectivity index (χ3v) is 3.87. The van der Waals surface area contributed by atoms with E-state index in [-0.39, 0.29) is 12.6 Å². The molecule has 0 atom stereocenters. The molecular formula is C18H15ClO4. The van der Waals surface area contributed by atoms with Crippen molar-refractivity contribution in [3.63, 3.8) is 0 Å². The summed E-state index contributed by atoms with van der Waals surface area (Å²) >= 11 is 6.00. The van der Waals surface area contributed by atoms with Gasteiger partial charge in [0, 0.05) is 10.6 Å². The highest BCUT2D eigenvalue weighted by Crippen LogP contribution is 2.37. The van der Waals surface area contributed by atoms with Crippen molar-refractivity contribution >= 4 is 29.2 Å². The van der Waals surface area contributed by atoms with E-state index in [1.165, 1.54) is 0 Å². The van der Waals surface area contributed by atoms with E-state index in [1.54, 1.807) is 38.5 Å². The third kappa shape index (κ3) is 3.03. The van der Waals surface area contributed by atoms with Crippen molar-refractivity contribution in [1.82, 2.24) is 0 Å². The lowest BCUT2D eigenvalue weighted by molar-refractivity contribution is -0.138. The van der Waals surface area contributed by atoms with Crippen molar-refractivity contribution in [3.8, 4) is 11.5 Å². The first-order chi connectivity index (χ1) is 11.1. The number of ether oxygens (including phenoxy) is 3. The molecule has 0 bridgehead atoms. The first-order valence-corrected chi connectivity index (χ1v) is 7.40. The molecule has 118 valence electrons. The van der Waals surface area contributed by atoms with E-state index in [9.17, 15) is 4.79 Å². The Labute approximate surface area is 139 Å². The maximum atomic E-state index is 12.2. The second-order valence-corrected chi connectivity index (χ2v) is 5.49. The minimum Gasteiger partial charge on any atom is -0.493 e. The van der Waals surface area contributed by atoms with Gasteiger partial charge in [-0.15, -0.1) is 0 Å². The normalized spacial score (nSPS) is 15.1. The van der Waals surface area contributed by atoms with Crippen LogP contribution in [0.3, 0.4) is 0 Å². The van der Waals surface area contributed by atoms with Gasteiger partial charge < -0.3 is 14.2 Å². The number of benzene rings is 2. The van der Waals surface area contributed by atoms with Gasteiger partial charge in [-0.25, -0.2) is 4.79 Å². The monoisotopic (exact) mass is 330 g/mol. The van der Waals surface area contributed by atoms with Gasteiger partial charge in [-0.3, -0.25) is 0 Å². The van der Waals surface area contributed by atoms with Crippen molar-refractivity contribution in [2.45, 2.75) is 6.61 Å². The van der Waals surface area contributed by atoms with Gasteiger partial charge in [-0.2, -0.15) is 0 Å². The summed E-state index contributed by atoms with van der Waals surface area (Å²) in [7, 11) is 3.13. The number of carbonyl (C=O) groups excluding carboxylic acids is 1. The van der Waals surface area contributed by atoms with E-state index in [1.807, 2.05) is 18.2 Å². The summed E-state index contributed by atoms with van der Waals surface area (Å²) in [5.41, 5.74) is 2.94. The number of esters is 1. The Morgan fingerprint density at radius 2 is 1.87 bits per heavy atom. The van der Waals surface area contributed by atoms with Crippen LogP contribution in [0, 0.1) is 0 Å². The molecule has 23 heavy (non-hydrogen) atoms. The fourth-order valence-corrected chi connectivity index (χ4v) is 2.72. The van der Waals surface area contributed by atoms with Gasteiger partial charge in [0.15, 0.2) is 11.5 Å². The molecule has 0 radical (unpaired) electrons. The highest BCUT2D eigenvalue weighted by molar-refractivity contribution is 6.31. The summed E-state index contributed by atoms with van der Waals surface area (Å²) in [6, 6.07) is 10.9. The molecule has 1 heterocycles. The molecule has 0 saturated carbocycles. The summed E-state index contributed by atoms with van der Waals surface area (Å²) in [4.78, 5) is 12.2. The van der Waals surface area contributed by atoms with Gasteiger partial charge in [-0.05, 0) is 41.5 Å². The predicted molar refractivity (Wildman–Crippen MR) is 88.7 cm³/mol. The number of carbonyl (C=O) groups is 1. The standard InChI is InChI=1S/C18H15ClO4/c1-21-16-8-12-10-23-18(20)15(14(12)9-17(16)22-2)7-11-4-3-5-13(19)6-11/h3-9H,10H2,1-2H3. The van der Waals surface area contributed by atoms with E-state index in [0.29, 0.717) is 22.1 Å². The lowest BCUT2D eigenvalue weighted by atomic mass is 9.95. The van der Waals surface area contributed by atoms with Gasteiger partial charge >= 0.3 is 5.97 Å². The molecule has 0 N–H and O–H groups in total. The lowest BCUT2D eigenvalue weighted by Gasteiger charge is -2.21. The molecule has 0 aromatic heterocycles. The summed E-state index contributed by atoms with van der Waals surface area (Å²) in [6.45, 7) is 0.210. The Balaban J connectivity index is 2.14. The van der Waals surface area contributed by atoms with Crippen molar-refractivity contribution in [1.29, 1.82) is 0 Å². The highest BCUT2D eigenvalue weighted by atomic mass is 35.5. The minimum absolute atomic E-state index is 0.210. The van der Waals surface area contributed by atoms with Crippen LogP contribution in [0.2, 0.25) is 5.02 Å². The number of fused-ring (bicyclic) bond motifs is 1. The van der Waals surface area contributed by atoms with Crippen LogP contribution in [-0.4, -0.2) is 20.2 Å². The minimum atomic E-state index is -0.371. The molecule has 4 nitrogen and oxygen atoms in total. The largest absolute Gasteiger partial charge is 0.493 e. The van der Waals surface area contributed by atoms with E-state index in [4.69, 9.17) is 25.8 Å². The molecule has 0 aliphatic carbocycles. The van der Waals surface area contributed by atoms with Crippen LogP contribution in [0.15, 0.2) is 36.4 Å². The average Bonchev–Trinajstić information content (AvgIpc) is 2.56. The van der Waals surface area contributed by atoms with Crippen LogP contribution < -0.4 is 9.47 Å². The first-order valence-electron chi connectivity index (χ1n) is 7.02. The van der Waals surface area contributed by atoms with E-state index >= 15 is 0 Å². The van der Waals surface area contributed by atoms with E-state index in [0.717, 1.165) is 16.7 Å². The van der Waals surface area contributed by atoms with Crippen LogP contribution in [0.4, 0.5) is 0 Å². The molecule has 0 unspecified atom stereocenters.